The quantitative estimate of drug-likeness (QED) is 0.490. The average molecular weight is 467 g/mol. The number of nitrogens with zero attached hydrogens (tertiary/aromatic N) is 2. The van der Waals surface area contributed by atoms with Crippen LogP contribution in [0.1, 0.15) is 34.5 Å². The topological polar surface area (TPSA) is 55.2 Å². The van der Waals surface area contributed by atoms with Crippen LogP contribution in [0.15, 0.2) is 65.3 Å². The summed E-state index contributed by atoms with van der Waals surface area (Å²) in [6.07, 6.45) is 4.50. The summed E-state index contributed by atoms with van der Waals surface area (Å²) in [6, 6.07) is 17.4. The van der Waals surface area contributed by atoms with Crippen LogP contribution >= 0.6 is 11.6 Å². The zero-order valence-corrected chi connectivity index (χ0v) is 19.2. The Balaban J connectivity index is 1.24. The van der Waals surface area contributed by atoms with Crippen LogP contribution in [0.5, 0.6) is 11.5 Å². The van der Waals surface area contributed by atoms with Crippen molar-refractivity contribution in [1.29, 1.82) is 0 Å². The smallest absolute Gasteiger partial charge is 0.254 e. The monoisotopic (exact) mass is 466 g/mol. The summed E-state index contributed by atoms with van der Waals surface area (Å²) >= 11 is 5.99. The maximum absolute atomic E-state index is 13.6. The number of amides is 1. The van der Waals surface area contributed by atoms with E-state index in [9.17, 15) is 4.79 Å². The van der Waals surface area contributed by atoms with E-state index in [0.717, 1.165) is 49.7 Å². The molecule has 172 valence electrons. The van der Waals surface area contributed by atoms with Gasteiger partial charge in [-0.2, -0.15) is 0 Å². The minimum atomic E-state index is -0.00989. The van der Waals surface area contributed by atoms with E-state index in [1.165, 1.54) is 5.56 Å². The molecule has 33 heavy (non-hydrogen) atoms. The minimum Gasteiger partial charge on any atom is -0.467 e. The highest BCUT2D eigenvalue weighted by atomic mass is 35.5. The molecule has 2 aromatic carbocycles. The Kier molecular flexibility index (Phi) is 6.55. The number of ether oxygens (including phenoxy) is 2. The highest BCUT2D eigenvalue weighted by molar-refractivity contribution is 6.30. The third-order valence-corrected chi connectivity index (χ3v) is 6.67. The van der Waals surface area contributed by atoms with Gasteiger partial charge in [0.1, 0.15) is 5.76 Å². The van der Waals surface area contributed by atoms with Crippen LogP contribution < -0.4 is 9.47 Å². The molecule has 6 nitrogen and oxygen atoms in total. The summed E-state index contributed by atoms with van der Waals surface area (Å²) in [5.41, 5.74) is 1.90. The van der Waals surface area contributed by atoms with E-state index >= 15 is 0 Å². The summed E-state index contributed by atoms with van der Waals surface area (Å²) in [5.74, 6) is 2.08. The van der Waals surface area contributed by atoms with Crippen LogP contribution in [0.4, 0.5) is 0 Å². The molecular formula is C26H27ClN2O4. The van der Waals surface area contributed by atoms with Crippen LogP contribution in [-0.2, 0) is 13.0 Å². The SMILES string of the molecule is O=C(c1ccc2c(c1)OCO2)N(Cc1ccco1)C1CCN(CCc2ccc(Cl)cc2)CC1. The van der Waals surface area contributed by atoms with Crippen molar-refractivity contribution in [3.63, 3.8) is 0 Å². The van der Waals surface area contributed by atoms with E-state index in [1.807, 2.05) is 35.2 Å². The fourth-order valence-electron chi connectivity index (χ4n) is 4.53. The first kappa shape index (κ1) is 21.9. The van der Waals surface area contributed by atoms with Crippen molar-refractivity contribution in [1.82, 2.24) is 9.80 Å². The third kappa shape index (κ3) is 5.18. The zero-order chi connectivity index (χ0) is 22.6. The lowest BCUT2D eigenvalue weighted by atomic mass is 10.0. The highest BCUT2D eigenvalue weighted by Gasteiger charge is 2.30. The second-order valence-electron chi connectivity index (χ2n) is 8.53. The van der Waals surface area contributed by atoms with Crippen LogP contribution in [0, 0.1) is 0 Å². The summed E-state index contributed by atoms with van der Waals surface area (Å²) in [7, 11) is 0. The van der Waals surface area contributed by atoms with Crippen LogP contribution in [0.25, 0.3) is 0 Å². The Morgan fingerprint density at radius 1 is 1.03 bits per heavy atom. The predicted molar refractivity (Wildman–Crippen MR) is 126 cm³/mol. The molecule has 0 bridgehead atoms. The maximum atomic E-state index is 13.6. The maximum Gasteiger partial charge on any atom is 0.254 e. The Labute approximate surface area is 198 Å². The molecule has 0 atom stereocenters. The Bertz CT molecular complexity index is 1080. The molecule has 3 aromatic rings. The fraction of sp³-hybridized carbons (Fsp3) is 0.346. The van der Waals surface area contributed by atoms with Crippen molar-refractivity contribution in [2.75, 3.05) is 26.4 Å². The van der Waals surface area contributed by atoms with Gasteiger partial charge < -0.3 is 23.7 Å². The summed E-state index contributed by atoms with van der Waals surface area (Å²) < 4.78 is 16.4. The lowest BCUT2D eigenvalue weighted by Gasteiger charge is -2.38. The first-order chi connectivity index (χ1) is 16.2. The summed E-state index contributed by atoms with van der Waals surface area (Å²) in [4.78, 5) is 18.0. The second-order valence-corrected chi connectivity index (χ2v) is 8.97. The largest absolute Gasteiger partial charge is 0.467 e. The highest BCUT2D eigenvalue weighted by Crippen LogP contribution is 2.33. The molecule has 2 aliphatic heterocycles. The van der Waals surface area contributed by atoms with E-state index in [4.69, 9.17) is 25.5 Å². The number of rotatable bonds is 7. The van der Waals surface area contributed by atoms with Crippen molar-refractivity contribution in [3.05, 3.63) is 82.8 Å². The molecule has 0 radical (unpaired) electrons. The first-order valence-corrected chi connectivity index (χ1v) is 11.7. The zero-order valence-electron chi connectivity index (χ0n) is 18.4. The molecule has 0 N–H and O–H groups in total. The third-order valence-electron chi connectivity index (χ3n) is 6.41. The van der Waals surface area contributed by atoms with Crippen LogP contribution in [-0.4, -0.2) is 48.2 Å². The molecular weight excluding hydrogens is 440 g/mol. The van der Waals surface area contributed by atoms with E-state index in [-0.39, 0.29) is 18.7 Å². The first-order valence-electron chi connectivity index (χ1n) is 11.4. The number of hydrogen-bond donors (Lipinski definition) is 0. The molecule has 1 saturated heterocycles. The van der Waals surface area contributed by atoms with Crippen molar-refractivity contribution in [2.45, 2.75) is 31.8 Å². The van der Waals surface area contributed by atoms with E-state index in [1.54, 1.807) is 18.4 Å². The van der Waals surface area contributed by atoms with E-state index in [0.29, 0.717) is 23.6 Å². The van der Waals surface area contributed by atoms with Gasteiger partial charge in [-0.1, -0.05) is 23.7 Å². The Morgan fingerprint density at radius 2 is 1.82 bits per heavy atom. The fourth-order valence-corrected chi connectivity index (χ4v) is 4.65. The van der Waals surface area contributed by atoms with Gasteiger partial charge in [0.05, 0.1) is 12.8 Å². The normalized spacial score (nSPS) is 16.2. The van der Waals surface area contributed by atoms with Gasteiger partial charge in [-0.25, -0.2) is 0 Å². The summed E-state index contributed by atoms with van der Waals surface area (Å²) in [6.45, 7) is 3.57. The van der Waals surface area contributed by atoms with Crippen LogP contribution in [0.2, 0.25) is 5.02 Å². The van der Waals surface area contributed by atoms with Gasteiger partial charge in [0.25, 0.3) is 5.91 Å². The second kappa shape index (κ2) is 9.89. The number of furan rings is 1. The number of hydrogen-bond acceptors (Lipinski definition) is 5. The number of piperidine rings is 1. The molecule has 1 fully saturated rings. The number of carbonyl (C=O) groups is 1. The van der Waals surface area contributed by atoms with Crippen molar-refractivity contribution >= 4 is 17.5 Å². The van der Waals surface area contributed by atoms with Gasteiger partial charge >= 0.3 is 0 Å². The number of carbonyl (C=O) groups excluding carboxylic acids is 1. The number of fused-ring (bicyclic) bond motifs is 1. The molecule has 7 heteroatoms. The van der Waals surface area contributed by atoms with Crippen molar-refractivity contribution < 1.29 is 18.7 Å². The van der Waals surface area contributed by atoms with Gasteiger partial charge in [0.15, 0.2) is 11.5 Å². The minimum absolute atomic E-state index is 0.00989. The van der Waals surface area contributed by atoms with E-state index < -0.39 is 0 Å². The molecule has 0 saturated carbocycles. The predicted octanol–water partition coefficient (Wildman–Crippen LogP) is 5.01. The average Bonchev–Trinajstić information content (AvgIpc) is 3.54. The van der Waals surface area contributed by atoms with Gasteiger partial charge in [-0.3, -0.25) is 4.79 Å². The molecule has 2 aliphatic rings. The Morgan fingerprint density at radius 3 is 2.58 bits per heavy atom. The molecule has 0 aliphatic carbocycles. The van der Waals surface area contributed by atoms with Crippen LogP contribution in [0.3, 0.4) is 0 Å². The molecule has 0 unspecified atom stereocenters. The molecule has 1 aromatic heterocycles. The lowest BCUT2D eigenvalue weighted by Crippen LogP contribution is -2.47. The lowest BCUT2D eigenvalue weighted by molar-refractivity contribution is 0.0531. The Hall–Kier alpha value is -2.96. The van der Waals surface area contributed by atoms with Crippen molar-refractivity contribution in [3.8, 4) is 11.5 Å². The van der Waals surface area contributed by atoms with Gasteiger partial charge in [0, 0.05) is 36.3 Å². The molecule has 1 amide bonds. The van der Waals surface area contributed by atoms with Gasteiger partial charge in [-0.15, -0.1) is 0 Å². The van der Waals surface area contributed by atoms with Gasteiger partial charge in [-0.05, 0) is 67.3 Å². The molecule has 5 rings (SSSR count). The van der Waals surface area contributed by atoms with Crippen molar-refractivity contribution in [2.24, 2.45) is 0 Å². The van der Waals surface area contributed by atoms with E-state index in [2.05, 4.69) is 17.0 Å². The molecule has 0 spiro atoms. The number of benzene rings is 2. The molecule has 3 heterocycles. The standard InChI is InChI=1S/C26H27ClN2O4/c27-21-6-3-19(4-7-21)9-12-28-13-10-22(11-14-28)29(17-23-2-1-15-31-23)26(30)20-5-8-24-25(16-20)33-18-32-24/h1-8,15-16,22H,9-14,17-18H2. The number of likely N-dealkylation sites (tertiary alicyclic amines) is 1. The van der Waals surface area contributed by atoms with Gasteiger partial charge in [0.2, 0.25) is 6.79 Å². The summed E-state index contributed by atoms with van der Waals surface area (Å²) in [5, 5.41) is 0.767. The number of halogens is 1.